The third-order valence-corrected chi connectivity index (χ3v) is 9.23. The molecule has 0 spiro atoms. The zero-order valence-corrected chi connectivity index (χ0v) is 29.9. The Labute approximate surface area is 297 Å². The van der Waals surface area contributed by atoms with Crippen LogP contribution in [0.3, 0.4) is 0 Å². The number of carbonyl (C=O) groups is 2. The molecule has 3 aliphatic heterocycles. The molecule has 0 atom stereocenters. The van der Waals surface area contributed by atoms with Gasteiger partial charge in [-0.25, -0.2) is 27.8 Å². The highest BCUT2D eigenvalue weighted by Crippen LogP contribution is 2.40. The highest BCUT2D eigenvalue weighted by Gasteiger charge is 2.36. The van der Waals surface area contributed by atoms with Crippen molar-refractivity contribution >= 4 is 35.1 Å². The van der Waals surface area contributed by atoms with E-state index in [-0.39, 0.29) is 12.4 Å². The number of amides is 3. The lowest BCUT2D eigenvalue weighted by atomic mass is 9.97. The van der Waals surface area contributed by atoms with Crippen LogP contribution in [0, 0.1) is 24.4 Å². The van der Waals surface area contributed by atoms with Gasteiger partial charge in [0.05, 0.1) is 12.2 Å². The number of para-hydroxylation sites is 1. The van der Waals surface area contributed by atoms with Crippen LogP contribution in [0.1, 0.15) is 74.9 Å². The van der Waals surface area contributed by atoms with Crippen molar-refractivity contribution in [3.05, 3.63) is 94.8 Å². The zero-order chi connectivity index (χ0) is 36.7. The Balaban J connectivity index is 0.00000122. The van der Waals surface area contributed by atoms with Crippen LogP contribution in [-0.2, 0) is 6.54 Å². The number of fused-ring (bicyclic) bond motifs is 1. The summed E-state index contributed by atoms with van der Waals surface area (Å²) in [5.41, 5.74) is 2.54. The number of urea groups is 1. The fraction of sp³-hybridized carbons (Fsp3) is 0.385. The van der Waals surface area contributed by atoms with Gasteiger partial charge in [0, 0.05) is 41.5 Å². The van der Waals surface area contributed by atoms with Crippen LogP contribution < -0.4 is 20.4 Å². The maximum absolute atomic E-state index is 15.2. The lowest BCUT2D eigenvalue weighted by molar-refractivity contribution is 0.102. The summed E-state index contributed by atoms with van der Waals surface area (Å²) in [6.07, 6.45) is 4.25. The van der Waals surface area contributed by atoms with Crippen LogP contribution in [0.5, 0.6) is 0 Å². The normalized spacial score (nSPS) is 16.0. The fourth-order valence-corrected chi connectivity index (χ4v) is 6.71. The molecule has 4 aromatic rings. The van der Waals surface area contributed by atoms with Crippen molar-refractivity contribution in [3.63, 3.8) is 0 Å². The Morgan fingerprint density at radius 2 is 1.51 bits per heavy atom. The molecule has 0 bridgehead atoms. The van der Waals surface area contributed by atoms with Crippen molar-refractivity contribution in [2.24, 2.45) is 0 Å². The Bertz CT molecular complexity index is 1820. The Hall–Kier alpha value is -4.97. The molecule has 2 saturated heterocycles. The molecule has 2 N–H and O–H groups in total. The largest absolute Gasteiger partial charge is 0.341 e. The van der Waals surface area contributed by atoms with E-state index in [0.717, 1.165) is 48.5 Å². The monoisotopic (exact) mass is 701 g/mol. The highest BCUT2D eigenvalue weighted by molar-refractivity contribution is 6.06. The summed E-state index contributed by atoms with van der Waals surface area (Å²) in [6.45, 7) is 13.5. The van der Waals surface area contributed by atoms with E-state index < -0.39 is 35.1 Å². The number of nitrogens with one attached hydrogen (secondary N) is 2. The molecule has 270 valence electrons. The molecular weight excluding hydrogens is 655 g/mol. The average Bonchev–Trinajstić information content (AvgIpc) is 3.70. The summed E-state index contributed by atoms with van der Waals surface area (Å²) < 4.78 is 43.8. The predicted octanol–water partition coefficient (Wildman–Crippen LogP) is 8.60. The minimum Gasteiger partial charge on any atom is -0.341 e. The van der Waals surface area contributed by atoms with E-state index in [0.29, 0.717) is 53.2 Å². The average molecular weight is 702 g/mol. The summed E-state index contributed by atoms with van der Waals surface area (Å²) in [7, 11) is 0. The molecule has 3 amide bonds. The first kappa shape index (κ1) is 37.3. The van der Waals surface area contributed by atoms with Gasteiger partial charge < -0.3 is 20.4 Å². The van der Waals surface area contributed by atoms with Crippen LogP contribution >= 0.6 is 0 Å². The van der Waals surface area contributed by atoms with Gasteiger partial charge in [0.1, 0.15) is 23.1 Å². The van der Waals surface area contributed by atoms with Gasteiger partial charge in [-0.3, -0.25) is 4.79 Å². The van der Waals surface area contributed by atoms with Gasteiger partial charge in [-0.15, -0.1) is 0 Å². The van der Waals surface area contributed by atoms with Gasteiger partial charge in [0.2, 0.25) is 5.95 Å². The van der Waals surface area contributed by atoms with Crippen LogP contribution in [0.25, 0.3) is 11.3 Å². The number of piperidine rings is 1. The molecule has 2 fully saturated rings. The highest BCUT2D eigenvalue weighted by atomic mass is 19.1. The number of hydrogen-bond acceptors (Lipinski definition) is 6. The van der Waals surface area contributed by atoms with Gasteiger partial charge in [0.25, 0.3) is 5.91 Å². The number of rotatable bonds is 6. The third-order valence-electron chi connectivity index (χ3n) is 9.23. The molecule has 3 aromatic carbocycles. The summed E-state index contributed by atoms with van der Waals surface area (Å²) in [5.74, 6) is -2.21. The van der Waals surface area contributed by atoms with E-state index in [1.165, 1.54) is 43.2 Å². The lowest BCUT2D eigenvalue weighted by Crippen LogP contribution is -2.45. The summed E-state index contributed by atoms with van der Waals surface area (Å²) >= 11 is 0. The third kappa shape index (κ3) is 8.01. The smallest absolute Gasteiger partial charge is 0.328 e. The number of carbonyl (C=O) groups excluding carboxylic acids is 2. The molecule has 0 saturated carbocycles. The number of likely N-dealkylation sites (tertiary alicyclic amines) is 1. The Morgan fingerprint density at radius 1 is 0.863 bits per heavy atom. The summed E-state index contributed by atoms with van der Waals surface area (Å²) in [4.78, 5) is 42.0. The number of anilines is 4. The molecule has 0 radical (unpaired) electrons. The second kappa shape index (κ2) is 16.8. The van der Waals surface area contributed by atoms with E-state index in [1.807, 2.05) is 34.6 Å². The number of benzene rings is 3. The topological polar surface area (TPSA) is 93.7 Å². The molecule has 1 aromatic heterocycles. The van der Waals surface area contributed by atoms with E-state index in [2.05, 4.69) is 20.4 Å². The molecule has 0 aliphatic carbocycles. The van der Waals surface area contributed by atoms with Gasteiger partial charge in [0.15, 0.2) is 5.82 Å². The van der Waals surface area contributed by atoms with Crippen molar-refractivity contribution in [3.8, 4) is 11.3 Å². The Morgan fingerprint density at radius 3 is 2.16 bits per heavy atom. The van der Waals surface area contributed by atoms with Gasteiger partial charge in [-0.05, 0) is 99.8 Å². The molecule has 9 nitrogen and oxygen atoms in total. The van der Waals surface area contributed by atoms with Crippen LogP contribution in [-0.4, -0.2) is 59.0 Å². The Kier molecular flexibility index (Phi) is 12.3. The molecule has 12 heteroatoms. The fourth-order valence-electron chi connectivity index (χ4n) is 6.71. The molecule has 51 heavy (non-hydrogen) atoms. The zero-order valence-electron chi connectivity index (χ0n) is 29.9. The van der Waals surface area contributed by atoms with E-state index >= 15 is 8.78 Å². The SMILES string of the molecule is CC.CC.Cc1ccc(C(=O)Nc2ccc(F)cc2)cc1-c1nc(N2CCC(N3CCCC3)CC2)nc2c1CNC(=O)N2c1c(F)cccc1F. The standard InChI is InChI=1S/C35H34F3N7O2.2C2H6/c1-21-7-8-22(33(46)40-24-11-9-23(36)10-12-24)19-26(21)30-27-20-39-35(47)45(31-28(37)5-4-6-29(31)38)32(27)42-34(41-30)44-17-13-25(14-18-44)43-15-2-3-16-43;2*1-2/h4-12,19,25H,2-3,13-18,20H2,1H3,(H,39,47)(H,40,46);2*1-2H3. The number of hydrogen-bond donors (Lipinski definition) is 2. The van der Waals surface area contributed by atoms with Crippen molar-refractivity contribution in [2.75, 3.05) is 41.3 Å². The number of aromatic nitrogens is 2. The van der Waals surface area contributed by atoms with Gasteiger partial charge in [-0.2, -0.15) is 4.98 Å². The minimum absolute atomic E-state index is 0.0127. The van der Waals surface area contributed by atoms with E-state index in [1.54, 1.807) is 18.2 Å². The molecule has 3 aliphatic rings. The number of nitrogens with zero attached hydrogens (tertiary/aromatic N) is 5. The van der Waals surface area contributed by atoms with E-state index in [4.69, 9.17) is 9.97 Å². The quantitative estimate of drug-likeness (QED) is 0.209. The van der Waals surface area contributed by atoms with Crippen molar-refractivity contribution in [2.45, 2.75) is 72.9 Å². The summed E-state index contributed by atoms with van der Waals surface area (Å²) in [5, 5.41) is 5.51. The maximum Gasteiger partial charge on any atom is 0.328 e. The van der Waals surface area contributed by atoms with Crippen molar-refractivity contribution < 1.29 is 22.8 Å². The number of aryl methyl sites for hydroxylation is 1. The van der Waals surface area contributed by atoms with Crippen LogP contribution in [0.4, 0.5) is 41.1 Å². The first-order valence-electron chi connectivity index (χ1n) is 17.9. The van der Waals surface area contributed by atoms with Gasteiger partial charge >= 0.3 is 6.03 Å². The molecular formula is C39H46F3N7O2. The predicted molar refractivity (Wildman–Crippen MR) is 196 cm³/mol. The van der Waals surface area contributed by atoms with Crippen molar-refractivity contribution in [1.29, 1.82) is 0 Å². The minimum atomic E-state index is -0.906. The summed E-state index contributed by atoms with van der Waals surface area (Å²) in [6, 6.07) is 13.8. The first-order valence-corrected chi connectivity index (χ1v) is 17.9. The molecule has 7 rings (SSSR count). The van der Waals surface area contributed by atoms with Crippen LogP contribution in [0.15, 0.2) is 60.7 Å². The van der Waals surface area contributed by atoms with E-state index in [9.17, 15) is 14.0 Å². The number of halogens is 3. The molecule has 4 heterocycles. The van der Waals surface area contributed by atoms with Crippen LogP contribution in [0.2, 0.25) is 0 Å². The maximum atomic E-state index is 15.2. The van der Waals surface area contributed by atoms with Gasteiger partial charge in [-0.1, -0.05) is 39.8 Å². The second-order valence-corrected chi connectivity index (χ2v) is 12.2. The molecule has 0 unspecified atom stereocenters. The van der Waals surface area contributed by atoms with Crippen molar-refractivity contribution in [1.82, 2.24) is 20.2 Å². The second-order valence-electron chi connectivity index (χ2n) is 12.2. The first-order chi connectivity index (χ1) is 24.8. The lowest BCUT2D eigenvalue weighted by Gasteiger charge is -2.37.